The molecule has 0 bridgehead atoms. The molecule has 3 N–H and O–H groups in total. The average molecular weight is 461 g/mol. The first kappa shape index (κ1) is 23.6. The number of benzene rings is 2. The van der Waals surface area contributed by atoms with E-state index in [2.05, 4.69) is 22.9 Å². The molecule has 0 unspecified atom stereocenters. The van der Waals surface area contributed by atoms with Crippen LogP contribution >= 0.6 is 0 Å². The molecule has 0 spiro atoms. The summed E-state index contributed by atoms with van der Waals surface area (Å²) in [6, 6.07) is 12.2. The highest BCUT2D eigenvalue weighted by Gasteiger charge is 2.27. The van der Waals surface area contributed by atoms with Gasteiger partial charge in [0.2, 0.25) is 10.0 Å². The van der Waals surface area contributed by atoms with Crippen LogP contribution in [0.5, 0.6) is 0 Å². The molecule has 10 heteroatoms. The minimum atomic E-state index is -3.53. The molecule has 172 valence electrons. The Bertz CT molecular complexity index is 1030. The normalized spacial score (nSPS) is 15.1. The highest BCUT2D eigenvalue weighted by atomic mass is 32.2. The van der Waals surface area contributed by atoms with Gasteiger partial charge in [-0.3, -0.25) is 5.32 Å². The van der Waals surface area contributed by atoms with Gasteiger partial charge in [-0.15, -0.1) is 0 Å². The van der Waals surface area contributed by atoms with Gasteiger partial charge in [-0.1, -0.05) is 6.92 Å². The van der Waals surface area contributed by atoms with Gasteiger partial charge in [0.1, 0.15) is 0 Å². The number of ether oxygens (including phenoxy) is 1. The number of carbonyl (C=O) groups is 2. The van der Waals surface area contributed by atoms with Gasteiger partial charge in [0.05, 0.1) is 11.5 Å². The highest BCUT2D eigenvalue weighted by Crippen LogP contribution is 2.24. The monoisotopic (exact) mass is 460 g/mol. The van der Waals surface area contributed by atoms with E-state index in [9.17, 15) is 18.0 Å². The van der Waals surface area contributed by atoms with E-state index in [-0.39, 0.29) is 11.5 Å². The van der Waals surface area contributed by atoms with Gasteiger partial charge in [-0.2, -0.15) is 4.31 Å². The maximum Gasteiger partial charge on any atom is 0.411 e. The third-order valence-electron chi connectivity index (χ3n) is 5.16. The standard InChI is InChI=1S/C22H28N4O5S/c1-3-31-22(28)25-19-6-4-17(5-7-19)23-21(27)24-18-8-10-20(11-9-18)32(29,30)26-14-12-16(2)13-15-26/h4-11,16H,3,12-15H2,1-2H3,(H,25,28)(H2,23,24,27). The lowest BCUT2D eigenvalue weighted by Crippen LogP contribution is -2.37. The van der Waals surface area contributed by atoms with E-state index in [1.54, 1.807) is 43.3 Å². The molecule has 0 aromatic heterocycles. The zero-order chi connectivity index (χ0) is 23.1. The maximum atomic E-state index is 12.8. The fraction of sp³-hybridized carbons (Fsp3) is 0.364. The van der Waals surface area contributed by atoms with Gasteiger partial charge >= 0.3 is 12.1 Å². The van der Waals surface area contributed by atoms with Crippen molar-refractivity contribution in [2.24, 2.45) is 5.92 Å². The molecule has 3 rings (SSSR count). The van der Waals surface area contributed by atoms with Crippen molar-refractivity contribution in [1.29, 1.82) is 0 Å². The van der Waals surface area contributed by atoms with E-state index in [0.717, 1.165) is 12.8 Å². The summed E-state index contributed by atoms with van der Waals surface area (Å²) in [5, 5.41) is 7.91. The molecule has 1 aliphatic heterocycles. The molecule has 32 heavy (non-hydrogen) atoms. The van der Waals surface area contributed by atoms with Gasteiger partial charge in [0, 0.05) is 30.2 Å². The predicted octanol–water partition coefficient (Wildman–Crippen LogP) is 4.32. The van der Waals surface area contributed by atoms with E-state index in [0.29, 0.717) is 36.1 Å². The van der Waals surface area contributed by atoms with Gasteiger partial charge in [-0.05, 0) is 74.2 Å². The van der Waals surface area contributed by atoms with Crippen molar-refractivity contribution in [1.82, 2.24) is 4.31 Å². The molecule has 1 aliphatic rings. The van der Waals surface area contributed by atoms with Crippen LogP contribution in [0, 0.1) is 5.92 Å². The number of hydrogen-bond acceptors (Lipinski definition) is 5. The van der Waals surface area contributed by atoms with Crippen molar-refractivity contribution in [3.63, 3.8) is 0 Å². The summed E-state index contributed by atoms with van der Waals surface area (Å²) in [6.45, 7) is 5.17. The van der Waals surface area contributed by atoms with Crippen molar-refractivity contribution >= 4 is 39.2 Å². The van der Waals surface area contributed by atoms with Crippen molar-refractivity contribution < 1.29 is 22.7 Å². The third kappa shape index (κ3) is 6.21. The van der Waals surface area contributed by atoms with E-state index in [1.165, 1.54) is 16.4 Å². The van der Waals surface area contributed by atoms with E-state index in [4.69, 9.17) is 4.74 Å². The molecule has 3 amide bonds. The number of amides is 3. The third-order valence-corrected chi connectivity index (χ3v) is 7.07. The van der Waals surface area contributed by atoms with Crippen LogP contribution < -0.4 is 16.0 Å². The number of urea groups is 1. The van der Waals surface area contributed by atoms with E-state index >= 15 is 0 Å². The summed E-state index contributed by atoms with van der Waals surface area (Å²) < 4.78 is 31.9. The van der Waals surface area contributed by atoms with Crippen LogP contribution in [0.2, 0.25) is 0 Å². The maximum absolute atomic E-state index is 12.8. The van der Waals surface area contributed by atoms with Crippen LogP contribution in [0.4, 0.5) is 26.7 Å². The molecule has 0 aliphatic carbocycles. The molecule has 9 nitrogen and oxygen atoms in total. The Morgan fingerprint density at radius 2 is 1.38 bits per heavy atom. The first-order chi connectivity index (χ1) is 15.3. The predicted molar refractivity (Wildman–Crippen MR) is 123 cm³/mol. The number of piperidine rings is 1. The summed E-state index contributed by atoms with van der Waals surface area (Å²) in [5.74, 6) is 0.538. The Hall–Kier alpha value is -3.11. The Kier molecular flexibility index (Phi) is 7.70. The minimum Gasteiger partial charge on any atom is -0.450 e. The number of carbonyl (C=O) groups excluding carboxylic acids is 2. The summed E-state index contributed by atoms with van der Waals surface area (Å²) >= 11 is 0. The fourth-order valence-corrected chi connectivity index (χ4v) is 4.77. The van der Waals surface area contributed by atoms with E-state index < -0.39 is 22.1 Å². The second-order valence-corrected chi connectivity index (χ2v) is 9.55. The number of nitrogens with one attached hydrogen (secondary N) is 3. The summed E-state index contributed by atoms with van der Waals surface area (Å²) in [5.41, 5.74) is 1.53. The Balaban J connectivity index is 1.55. The first-order valence-corrected chi connectivity index (χ1v) is 11.9. The largest absolute Gasteiger partial charge is 0.450 e. The zero-order valence-corrected chi connectivity index (χ0v) is 18.9. The van der Waals surface area contributed by atoms with Gasteiger partial charge in [0.15, 0.2) is 0 Å². The van der Waals surface area contributed by atoms with Crippen LogP contribution in [0.1, 0.15) is 26.7 Å². The van der Waals surface area contributed by atoms with Gasteiger partial charge < -0.3 is 15.4 Å². The lowest BCUT2D eigenvalue weighted by Gasteiger charge is -2.29. The van der Waals surface area contributed by atoms with Gasteiger partial charge in [-0.25, -0.2) is 18.0 Å². The average Bonchev–Trinajstić information content (AvgIpc) is 2.76. The number of anilines is 3. The Labute approximate surface area is 188 Å². The van der Waals surface area contributed by atoms with Crippen molar-refractivity contribution in [2.75, 3.05) is 35.6 Å². The molecule has 0 saturated carbocycles. The van der Waals surface area contributed by atoms with Crippen molar-refractivity contribution in [2.45, 2.75) is 31.6 Å². The Morgan fingerprint density at radius 1 is 0.906 bits per heavy atom. The second-order valence-electron chi connectivity index (χ2n) is 7.61. The number of hydrogen-bond donors (Lipinski definition) is 3. The molecule has 0 atom stereocenters. The summed E-state index contributed by atoms with van der Waals surface area (Å²) in [4.78, 5) is 23.9. The van der Waals surface area contributed by atoms with Crippen LogP contribution in [0.3, 0.4) is 0 Å². The fourth-order valence-electron chi connectivity index (χ4n) is 3.30. The first-order valence-electron chi connectivity index (χ1n) is 10.5. The quantitative estimate of drug-likeness (QED) is 0.594. The summed E-state index contributed by atoms with van der Waals surface area (Å²) in [7, 11) is -3.53. The zero-order valence-electron chi connectivity index (χ0n) is 18.1. The van der Waals surface area contributed by atoms with Crippen LogP contribution in [-0.4, -0.2) is 44.5 Å². The topological polar surface area (TPSA) is 117 Å². The highest BCUT2D eigenvalue weighted by molar-refractivity contribution is 7.89. The molecule has 1 saturated heterocycles. The molecule has 1 heterocycles. The minimum absolute atomic E-state index is 0.211. The van der Waals surface area contributed by atoms with Crippen LogP contribution in [-0.2, 0) is 14.8 Å². The number of nitrogens with zero attached hydrogens (tertiary/aromatic N) is 1. The lowest BCUT2D eigenvalue weighted by molar-refractivity contribution is 0.168. The smallest absolute Gasteiger partial charge is 0.411 e. The molecule has 2 aromatic rings. The number of sulfonamides is 1. The molecule has 0 radical (unpaired) electrons. The molecule has 1 fully saturated rings. The van der Waals surface area contributed by atoms with Gasteiger partial charge in [0.25, 0.3) is 0 Å². The number of rotatable bonds is 6. The molecular formula is C22H28N4O5S. The summed E-state index contributed by atoms with van der Waals surface area (Å²) in [6.07, 6.45) is 1.17. The van der Waals surface area contributed by atoms with Crippen LogP contribution in [0.25, 0.3) is 0 Å². The van der Waals surface area contributed by atoms with Crippen molar-refractivity contribution in [3.8, 4) is 0 Å². The van der Waals surface area contributed by atoms with Crippen LogP contribution in [0.15, 0.2) is 53.4 Å². The van der Waals surface area contributed by atoms with E-state index in [1.807, 2.05) is 0 Å². The lowest BCUT2D eigenvalue weighted by atomic mass is 10.0. The Morgan fingerprint density at radius 3 is 1.88 bits per heavy atom. The second kappa shape index (κ2) is 10.5. The van der Waals surface area contributed by atoms with Crippen molar-refractivity contribution in [3.05, 3.63) is 48.5 Å². The molecule has 2 aromatic carbocycles. The molecular weight excluding hydrogens is 432 g/mol. The SMILES string of the molecule is CCOC(=O)Nc1ccc(NC(=O)Nc2ccc(S(=O)(=O)N3CCC(C)CC3)cc2)cc1.